The van der Waals surface area contributed by atoms with E-state index in [4.69, 9.17) is 10.00 Å². The fourth-order valence-electron chi connectivity index (χ4n) is 1.80. The van der Waals surface area contributed by atoms with E-state index in [1.807, 2.05) is 32.2 Å². The molecule has 0 aliphatic carbocycles. The number of nitrogens with zero attached hydrogens (tertiary/aromatic N) is 3. The Balaban J connectivity index is 2.51. The van der Waals surface area contributed by atoms with E-state index in [2.05, 4.69) is 11.1 Å². The Bertz CT molecular complexity index is 593. The smallest absolute Gasteiger partial charge is 0.140 e. The highest BCUT2D eigenvalue weighted by atomic mass is 16.5. The number of hydrogen-bond donors (Lipinski definition) is 0. The number of methoxy groups -OCH3 is 1. The van der Waals surface area contributed by atoms with Crippen LogP contribution in [0.25, 0.3) is 11.4 Å². The van der Waals surface area contributed by atoms with Crippen molar-refractivity contribution in [2.24, 2.45) is 7.05 Å². The van der Waals surface area contributed by atoms with E-state index >= 15 is 0 Å². The van der Waals surface area contributed by atoms with Gasteiger partial charge in [0.15, 0.2) is 0 Å². The summed E-state index contributed by atoms with van der Waals surface area (Å²) < 4.78 is 6.99. The Hall–Kier alpha value is -2.28. The van der Waals surface area contributed by atoms with Crippen molar-refractivity contribution < 1.29 is 4.74 Å². The van der Waals surface area contributed by atoms with Crippen LogP contribution < -0.4 is 4.74 Å². The number of aromatic nitrogens is 2. The second-order valence-electron chi connectivity index (χ2n) is 3.82. The lowest BCUT2D eigenvalue weighted by molar-refractivity contribution is 0.412. The van der Waals surface area contributed by atoms with Gasteiger partial charge in [-0.05, 0) is 30.7 Å². The second kappa shape index (κ2) is 4.30. The average molecular weight is 227 g/mol. The van der Waals surface area contributed by atoms with Crippen LogP contribution in [0.15, 0.2) is 24.4 Å². The van der Waals surface area contributed by atoms with Crippen molar-refractivity contribution in [2.75, 3.05) is 7.11 Å². The molecule has 0 saturated carbocycles. The molecule has 0 radical (unpaired) electrons. The zero-order valence-corrected chi connectivity index (χ0v) is 10.1. The fraction of sp³-hybridized carbons (Fsp3) is 0.231. The van der Waals surface area contributed by atoms with E-state index in [0.29, 0.717) is 5.69 Å². The molecule has 17 heavy (non-hydrogen) atoms. The van der Waals surface area contributed by atoms with Crippen LogP contribution >= 0.6 is 0 Å². The average Bonchev–Trinajstić information content (AvgIpc) is 2.70. The fourth-order valence-corrected chi connectivity index (χ4v) is 1.80. The number of imidazole rings is 1. The minimum atomic E-state index is 0.550. The summed E-state index contributed by atoms with van der Waals surface area (Å²) in [7, 11) is 3.48. The molecule has 0 amide bonds. The maximum atomic E-state index is 8.88. The van der Waals surface area contributed by atoms with Gasteiger partial charge in [0.25, 0.3) is 0 Å². The predicted octanol–water partition coefficient (Wildman–Crippen LogP) is 2.28. The van der Waals surface area contributed by atoms with E-state index < -0.39 is 0 Å². The number of ether oxygens (including phenoxy) is 1. The summed E-state index contributed by atoms with van der Waals surface area (Å²) in [6, 6.07) is 7.95. The van der Waals surface area contributed by atoms with E-state index in [1.165, 1.54) is 0 Å². The van der Waals surface area contributed by atoms with Crippen LogP contribution in [-0.2, 0) is 7.05 Å². The number of nitriles is 1. The minimum absolute atomic E-state index is 0.550. The standard InChI is InChI=1S/C13H13N3O/c1-9-6-10(4-5-12(9)17-3)13-15-8-11(7-14)16(13)2/h4-6,8H,1-3H3. The molecule has 1 heterocycles. The van der Waals surface area contributed by atoms with Gasteiger partial charge in [0.1, 0.15) is 23.3 Å². The zero-order chi connectivity index (χ0) is 12.4. The molecule has 1 aromatic carbocycles. The van der Waals surface area contributed by atoms with Crippen LogP contribution in [0, 0.1) is 18.3 Å². The lowest BCUT2D eigenvalue weighted by Gasteiger charge is -2.07. The van der Waals surface area contributed by atoms with Crippen LogP contribution in [0.4, 0.5) is 0 Å². The van der Waals surface area contributed by atoms with Crippen LogP contribution in [0.2, 0.25) is 0 Å². The highest BCUT2D eigenvalue weighted by molar-refractivity contribution is 5.60. The van der Waals surface area contributed by atoms with Crippen molar-refractivity contribution in [1.82, 2.24) is 9.55 Å². The summed E-state index contributed by atoms with van der Waals surface area (Å²) in [5, 5.41) is 8.88. The van der Waals surface area contributed by atoms with Gasteiger partial charge in [0, 0.05) is 12.6 Å². The van der Waals surface area contributed by atoms with Gasteiger partial charge >= 0.3 is 0 Å². The maximum absolute atomic E-state index is 8.88. The van der Waals surface area contributed by atoms with Crippen molar-refractivity contribution >= 4 is 0 Å². The first kappa shape index (κ1) is 11.2. The van der Waals surface area contributed by atoms with Crippen molar-refractivity contribution in [3.05, 3.63) is 35.7 Å². The highest BCUT2D eigenvalue weighted by Crippen LogP contribution is 2.25. The molecule has 4 heteroatoms. The molecule has 0 N–H and O–H groups in total. The van der Waals surface area contributed by atoms with E-state index in [1.54, 1.807) is 17.9 Å². The topological polar surface area (TPSA) is 50.8 Å². The third-order valence-electron chi connectivity index (χ3n) is 2.76. The molecule has 86 valence electrons. The van der Waals surface area contributed by atoms with Crippen LogP contribution in [0.3, 0.4) is 0 Å². The van der Waals surface area contributed by atoms with Crippen LogP contribution in [0.1, 0.15) is 11.3 Å². The summed E-state index contributed by atoms with van der Waals surface area (Å²) >= 11 is 0. The van der Waals surface area contributed by atoms with Crippen molar-refractivity contribution in [3.63, 3.8) is 0 Å². The molecule has 4 nitrogen and oxygen atoms in total. The Morgan fingerprint density at radius 3 is 2.71 bits per heavy atom. The minimum Gasteiger partial charge on any atom is -0.496 e. The van der Waals surface area contributed by atoms with Gasteiger partial charge in [-0.1, -0.05) is 0 Å². The van der Waals surface area contributed by atoms with E-state index in [9.17, 15) is 0 Å². The number of aryl methyl sites for hydroxylation is 1. The summed E-state index contributed by atoms with van der Waals surface area (Å²) in [5.41, 5.74) is 2.58. The van der Waals surface area contributed by atoms with Gasteiger partial charge in [-0.15, -0.1) is 0 Å². The van der Waals surface area contributed by atoms with Gasteiger partial charge in [0.2, 0.25) is 0 Å². The van der Waals surface area contributed by atoms with Crippen LogP contribution in [-0.4, -0.2) is 16.7 Å². The third kappa shape index (κ3) is 1.87. The summed E-state index contributed by atoms with van der Waals surface area (Å²) in [4.78, 5) is 4.25. The van der Waals surface area contributed by atoms with Crippen molar-refractivity contribution in [3.8, 4) is 23.2 Å². The first-order valence-electron chi connectivity index (χ1n) is 5.24. The summed E-state index contributed by atoms with van der Waals surface area (Å²) in [6.07, 6.45) is 1.58. The van der Waals surface area contributed by atoms with Gasteiger partial charge in [-0.2, -0.15) is 5.26 Å². The normalized spacial score (nSPS) is 10.0. The largest absolute Gasteiger partial charge is 0.496 e. The molecule has 0 bridgehead atoms. The number of rotatable bonds is 2. The van der Waals surface area contributed by atoms with Gasteiger partial charge in [0.05, 0.1) is 13.3 Å². The Kier molecular flexibility index (Phi) is 2.84. The second-order valence-corrected chi connectivity index (χ2v) is 3.82. The molecule has 1 aromatic heterocycles. The molecule has 0 atom stereocenters. The lowest BCUT2D eigenvalue weighted by atomic mass is 10.1. The SMILES string of the molecule is COc1ccc(-c2ncc(C#N)n2C)cc1C. The van der Waals surface area contributed by atoms with Gasteiger partial charge < -0.3 is 9.30 Å². The molecule has 0 spiro atoms. The van der Waals surface area contributed by atoms with Gasteiger partial charge in [-0.25, -0.2) is 4.98 Å². The Labute approximate surface area is 100 Å². The molecule has 0 unspecified atom stereocenters. The quantitative estimate of drug-likeness (QED) is 0.790. The summed E-state index contributed by atoms with van der Waals surface area (Å²) in [6.45, 7) is 1.98. The molecular weight excluding hydrogens is 214 g/mol. The van der Waals surface area contributed by atoms with Gasteiger partial charge in [-0.3, -0.25) is 0 Å². The molecule has 0 aliphatic heterocycles. The molecule has 0 saturated heterocycles. The Morgan fingerprint density at radius 1 is 1.41 bits per heavy atom. The molecular formula is C13H13N3O. The van der Waals surface area contributed by atoms with Crippen molar-refractivity contribution in [2.45, 2.75) is 6.92 Å². The third-order valence-corrected chi connectivity index (χ3v) is 2.76. The molecule has 2 rings (SSSR count). The number of hydrogen-bond acceptors (Lipinski definition) is 3. The van der Waals surface area contributed by atoms with Crippen molar-refractivity contribution in [1.29, 1.82) is 5.26 Å². The van der Waals surface area contributed by atoms with Crippen LogP contribution in [0.5, 0.6) is 5.75 Å². The summed E-state index contributed by atoms with van der Waals surface area (Å²) in [5.74, 6) is 1.63. The predicted molar refractivity (Wildman–Crippen MR) is 64.6 cm³/mol. The van der Waals surface area contributed by atoms with E-state index in [0.717, 1.165) is 22.7 Å². The lowest BCUT2D eigenvalue weighted by Crippen LogP contribution is -1.96. The molecule has 2 aromatic rings. The zero-order valence-electron chi connectivity index (χ0n) is 10.1. The highest BCUT2D eigenvalue weighted by Gasteiger charge is 2.09. The number of benzene rings is 1. The Morgan fingerprint density at radius 2 is 2.18 bits per heavy atom. The first-order chi connectivity index (χ1) is 8.17. The van der Waals surface area contributed by atoms with E-state index in [-0.39, 0.29) is 0 Å². The first-order valence-corrected chi connectivity index (χ1v) is 5.24. The maximum Gasteiger partial charge on any atom is 0.140 e. The monoisotopic (exact) mass is 227 g/mol. The molecule has 0 aliphatic rings. The molecule has 0 fully saturated rings.